The largest absolute Gasteiger partial charge is 0.367 e. The highest BCUT2D eigenvalue weighted by atomic mass is 16.5. The third kappa shape index (κ3) is 5.72. The molecule has 3 aliphatic carbocycles. The molecule has 2 atom stereocenters. The van der Waals surface area contributed by atoms with Crippen molar-refractivity contribution < 1.29 is 14.3 Å². The Hall–Kier alpha value is -2.18. The molecule has 6 nitrogen and oxygen atoms in total. The molecular weight excluding hydrogens is 426 g/mol. The van der Waals surface area contributed by atoms with Crippen LogP contribution in [0.1, 0.15) is 45.6 Å². The number of carbonyl (C=O) groups is 2. The van der Waals surface area contributed by atoms with Crippen molar-refractivity contribution in [1.82, 2.24) is 14.7 Å². The molecule has 1 saturated heterocycles. The van der Waals surface area contributed by atoms with Gasteiger partial charge in [-0.25, -0.2) is 0 Å². The normalized spacial score (nSPS) is 23.7. The number of allylic oxidation sites excluding steroid dienone is 1. The van der Waals surface area contributed by atoms with Gasteiger partial charge in [0, 0.05) is 52.2 Å². The number of hydrogen-bond donors (Lipinski definition) is 0. The molecule has 34 heavy (non-hydrogen) atoms. The maximum atomic E-state index is 12.7. The topological polar surface area (TPSA) is 53.1 Å². The number of carbonyl (C=O) groups excluding carboxylic acids is 2. The number of hydrogen-bond acceptors (Lipinski definition) is 4. The van der Waals surface area contributed by atoms with E-state index in [1.165, 1.54) is 12.0 Å². The van der Waals surface area contributed by atoms with Crippen LogP contribution in [0.4, 0.5) is 0 Å². The zero-order valence-electron chi connectivity index (χ0n) is 21.2. The Morgan fingerprint density at radius 2 is 1.85 bits per heavy atom. The van der Waals surface area contributed by atoms with Gasteiger partial charge >= 0.3 is 0 Å². The fourth-order valence-corrected chi connectivity index (χ4v) is 5.80. The highest BCUT2D eigenvalue weighted by Gasteiger charge is 2.51. The van der Waals surface area contributed by atoms with Gasteiger partial charge in [-0.2, -0.15) is 0 Å². The predicted octanol–water partition coefficient (Wildman–Crippen LogP) is 3.58. The number of nitrogens with zero attached hydrogens (tertiary/aromatic N) is 3. The SMILES string of the molecule is CCC(=O)N(CCN1CCN(C(=O)COCc2ccccc2)CC1)CC1=CCC2CC1C2(C)C. The molecular formula is C28H41N3O3. The summed E-state index contributed by atoms with van der Waals surface area (Å²) in [5.74, 6) is 1.75. The smallest absolute Gasteiger partial charge is 0.248 e. The molecule has 1 heterocycles. The van der Waals surface area contributed by atoms with Crippen LogP contribution in [0.2, 0.25) is 0 Å². The fraction of sp³-hybridized carbons (Fsp3) is 0.643. The highest BCUT2D eigenvalue weighted by Crippen LogP contribution is 2.59. The third-order valence-electron chi connectivity index (χ3n) is 8.36. The van der Waals surface area contributed by atoms with Gasteiger partial charge in [0.05, 0.1) is 6.61 Å². The molecule has 2 amide bonds. The molecule has 1 aromatic carbocycles. The van der Waals surface area contributed by atoms with Crippen LogP contribution in [-0.2, 0) is 20.9 Å². The molecule has 6 heteroatoms. The molecule has 1 saturated carbocycles. The van der Waals surface area contributed by atoms with Crippen LogP contribution in [0.5, 0.6) is 0 Å². The van der Waals surface area contributed by atoms with Gasteiger partial charge in [-0.1, -0.05) is 62.8 Å². The molecule has 5 rings (SSSR count). The lowest BCUT2D eigenvalue weighted by atomic mass is 9.49. The molecule has 1 aliphatic heterocycles. The number of amides is 2. The van der Waals surface area contributed by atoms with Crippen LogP contribution in [-0.4, -0.2) is 78.9 Å². The van der Waals surface area contributed by atoms with Crippen molar-refractivity contribution in [3.8, 4) is 0 Å². The molecule has 1 aromatic rings. The predicted molar refractivity (Wildman–Crippen MR) is 134 cm³/mol. The van der Waals surface area contributed by atoms with Crippen LogP contribution in [0.3, 0.4) is 0 Å². The number of benzene rings is 1. The van der Waals surface area contributed by atoms with Crippen molar-refractivity contribution in [2.75, 3.05) is 52.4 Å². The second kappa shape index (κ2) is 11.0. The Morgan fingerprint density at radius 1 is 1.12 bits per heavy atom. The molecule has 0 radical (unpaired) electrons. The first kappa shape index (κ1) is 24.9. The highest BCUT2D eigenvalue weighted by molar-refractivity contribution is 5.77. The second-order valence-corrected chi connectivity index (χ2v) is 10.7. The summed E-state index contributed by atoms with van der Waals surface area (Å²) in [6.45, 7) is 12.9. The summed E-state index contributed by atoms with van der Waals surface area (Å²) in [4.78, 5) is 31.6. The quantitative estimate of drug-likeness (QED) is 0.494. The van der Waals surface area contributed by atoms with Gasteiger partial charge in [-0.15, -0.1) is 0 Å². The molecule has 0 spiro atoms. The van der Waals surface area contributed by atoms with Crippen LogP contribution in [0.15, 0.2) is 42.0 Å². The van der Waals surface area contributed by atoms with Gasteiger partial charge in [-0.05, 0) is 35.7 Å². The van der Waals surface area contributed by atoms with E-state index in [4.69, 9.17) is 4.74 Å². The van der Waals surface area contributed by atoms with E-state index in [1.807, 2.05) is 42.2 Å². The zero-order chi connectivity index (χ0) is 24.1. The van der Waals surface area contributed by atoms with Crippen molar-refractivity contribution in [1.29, 1.82) is 0 Å². The summed E-state index contributed by atoms with van der Waals surface area (Å²) >= 11 is 0. The molecule has 2 fully saturated rings. The Labute approximate surface area is 204 Å². The van der Waals surface area contributed by atoms with Gasteiger partial charge in [0.1, 0.15) is 6.61 Å². The maximum Gasteiger partial charge on any atom is 0.248 e. The minimum atomic E-state index is 0.0593. The molecule has 0 aromatic heterocycles. The van der Waals surface area contributed by atoms with Gasteiger partial charge in [0.15, 0.2) is 0 Å². The second-order valence-electron chi connectivity index (χ2n) is 10.7. The minimum Gasteiger partial charge on any atom is -0.367 e. The molecule has 4 aliphatic rings. The zero-order valence-corrected chi connectivity index (χ0v) is 21.2. The summed E-state index contributed by atoms with van der Waals surface area (Å²) in [7, 11) is 0. The van der Waals surface area contributed by atoms with E-state index < -0.39 is 0 Å². The van der Waals surface area contributed by atoms with Crippen molar-refractivity contribution in [3.63, 3.8) is 0 Å². The van der Waals surface area contributed by atoms with E-state index in [0.29, 0.717) is 24.4 Å². The molecule has 0 N–H and O–H groups in total. The Morgan fingerprint density at radius 3 is 2.50 bits per heavy atom. The standard InChI is InChI=1S/C28H41N3O3/c1-4-26(32)31(19-23-10-11-24-18-25(23)28(24,2)3)17-14-29-12-15-30(16-13-29)27(33)21-34-20-22-8-6-5-7-9-22/h5-10,24-25H,4,11-21H2,1-3H3. The minimum absolute atomic E-state index is 0.0593. The Kier molecular flexibility index (Phi) is 8.10. The van der Waals surface area contributed by atoms with Crippen LogP contribution >= 0.6 is 0 Å². The number of ether oxygens (including phenoxy) is 1. The van der Waals surface area contributed by atoms with E-state index in [9.17, 15) is 9.59 Å². The van der Waals surface area contributed by atoms with Crippen LogP contribution < -0.4 is 0 Å². The maximum absolute atomic E-state index is 12.7. The lowest BCUT2D eigenvalue weighted by molar-refractivity contribution is -0.138. The summed E-state index contributed by atoms with van der Waals surface area (Å²) in [5.41, 5.74) is 2.94. The third-order valence-corrected chi connectivity index (χ3v) is 8.36. The lowest BCUT2D eigenvalue weighted by Gasteiger charge is -2.57. The molecule has 2 unspecified atom stereocenters. The summed E-state index contributed by atoms with van der Waals surface area (Å²) in [5, 5.41) is 0. The van der Waals surface area contributed by atoms with Gasteiger partial charge in [0.25, 0.3) is 0 Å². The van der Waals surface area contributed by atoms with Crippen molar-refractivity contribution in [2.45, 2.75) is 46.6 Å². The fourth-order valence-electron chi connectivity index (χ4n) is 5.80. The van der Waals surface area contributed by atoms with Crippen LogP contribution in [0, 0.1) is 17.3 Å². The number of rotatable bonds is 10. The van der Waals surface area contributed by atoms with E-state index in [-0.39, 0.29) is 18.4 Å². The summed E-state index contributed by atoms with van der Waals surface area (Å²) in [6, 6.07) is 9.94. The first-order chi connectivity index (χ1) is 16.4. The average Bonchev–Trinajstić information content (AvgIpc) is 2.86. The van der Waals surface area contributed by atoms with E-state index in [1.54, 1.807) is 0 Å². The van der Waals surface area contributed by atoms with Crippen molar-refractivity contribution in [3.05, 3.63) is 47.5 Å². The van der Waals surface area contributed by atoms with E-state index >= 15 is 0 Å². The first-order valence-electron chi connectivity index (χ1n) is 13.0. The number of piperazine rings is 1. The lowest BCUT2D eigenvalue weighted by Crippen LogP contribution is -2.52. The van der Waals surface area contributed by atoms with E-state index in [2.05, 4.69) is 29.7 Å². The van der Waals surface area contributed by atoms with Crippen LogP contribution in [0.25, 0.3) is 0 Å². The Balaban J connectivity index is 1.19. The van der Waals surface area contributed by atoms with Gasteiger partial charge in [0.2, 0.25) is 11.8 Å². The Bertz CT molecular complexity index is 874. The first-order valence-corrected chi connectivity index (χ1v) is 13.0. The molecule has 186 valence electrons. The number of fused-ring (bicyclic) bond motifs is 1. The monoisotopic (exact) mass is 467 g/mol. The van der Waals surface area contributed by atoms with Crippen molar-refractivity contribution >= 4 is 11.8 Å². The van der Waals surface area contributed by atoms with Gasteiger partial charge in [-0.3, -0.25) is 14.5 Å². The van der Waals surface area contributed by atoms with E-state index in [0.717, 1.165) is 63.7 Å². The summed E-state index contributed by atoms with van der Waals surface area (Å²) in [6.07, 6.45) is 5.41. The molecule has 2 bridgehead atoms. The summed E-state index contributed by atoms with van der Waals surface area (Å²) < 4.78 is 5.62. The van der Waals surface area contributed by atoms with Crippen molar-refractivity contribution in [2.24, 2.45) is 17.3 Å². The average molecular weight is 468 g/mol. The van der Waals surface area contributed by atoms with Gasteiger partial charge < -0.3 is 14.5 Å².